The molecule has 2 aromatic rings. The van der Waals surface area contributed by atoms with Crippen LogP contribution in [0.15, 0.2) is 35.0 Å². The number of carbonyl (C=O) groups is 1. The van der Waals surface area contributed by atoms with Gasteiger partial charge in [-0.25, -0.2) is 0 Å². The summed E-state index contributed by atoms with van der Waals surface area (Å²) in [4.78, 5) is 13.5. The van der Waals surface area contributed by atoms with Crippen LogP contribution in [0.1, 0.15) is 22.7 Å². The second-order valence-electron chi connectivity index (χ2n) is 3.75. The Morgan fingerprint density at radius 3 is 2.12 bits per heavy atom. The molecule has 0 aromatic carbocycles. The van der Waals surface area contributed by atoms with E-state index in [1.807, 2.05) is 22.9 Å². The van der Waals surface area contributed by atoms with Gasteiger partial charge < -0.3 is 5.73 Å². The molecule has 0 saturated carbocycles. The molecule has 0 bridgehead atoms. The highest BCUT2D eigenvalue weighted by atomic mass is 32.1. The minimum atomic E-state index is -0.343. The molecule has 0 aliphatic heterocycles. The molecule has 17 heavy (non-hydrogen) atoms. The van der Waals surface area contributed by atoms with Gasteiger partial charge in [0.25, 0.3) is 0 Å². The monoisotopic (exact) mass is 266 g/mol. The van der Waals surface area contributed by atoms with Crippen LogP contribution in [0.2, 0.25) is 0 Å². The van der Waals surface area contributed by atoms with Crippen molar-refractivity contribution in [3.8, 4) is 0 Å². The van der Waals surface area contributed by atoms with Gasteiger partial charge in [0.05, 0.1) is 12.1 Å². The quantitative estimate of drug-likeness (QED) is 0.873. The number of thiophene rings is 2. The molecule has 3 nitrogen and oxygen atoms in total. The van der Waals surface area contributed by atoms with E-state index in [-0.39, 0.29) is 18.0 Å². The first-order valence-corrected chi connectivity index (χ1v) is 7.06. The Labute approximate surface area is 108 Å². The minimum absolute atomic E-state index is 0.0532. The summed E-state index contributed by atoms with van der Waals surface area (Å²) in [7, 11) is 0. The molecular weight excluding hydrogens is 252 g/mol. The highest BCUT2D eigenvalue weighted by Crippen LogP contribution is 2.29. The van der Waals surface area contributed by atoms with Gasteiger partial charge in [0.15, 0.2) is 0 Å². The van der Waals surface area contributed by atoms with Crippen LogP contribution in [0.25, 0.3) is 0 Å². The lowest BCUT2D eigenvalue weighted by molar-refractivity contribution is -0.119. The zero-order chi connectivity index (χ0) is 12.3. The van der Waals surface area contributed by atoms with Crippen molar-refractivity contribution in [3.63, 3.8) is 0 Å². The number of hydrogen-bond acceptors (Lipinski definition) is 4. The number of rotatable bonds is 5. The van der Waals surface area contributed by atoms with Crippen LogP contribution in [0.5, 0.6) is 0 Å². The molecule has 2 heterocycles. The predicted molar refractivity (Wildman–Crippen MR) is 72.3 cm³/mol. The molecule has 0 aliphatic carbocycles. The van der Waals surface area contributed by atoms with Crippen LogP contribution in [0.3, 0.4) is 0 Å². The molecule has 2 rings (SSSR count). The molecule has 3 N–H and O–H groups in total. The maximum absolute atomic E-state index is 11.1. The Hall–Kier alpha value is -1.17. The topological polar surface area (TPSA) is 55.1 Å². The van der Waals surface area contributed by atoms with E-state index in [0.717, 1.165) is 0 Å². The van der Waals surface area contributed by atoms with E-state index in [1.165, 1.54) is 9.75 Å². The van der Waals surface area contributed by atoms with Crippen molar-refractivity contribution in [1.82, 2.24) is 5.32 Å². The first kappa shape index (κ1) is 12.3. The van der Waals surface area contributed by atoms with E-state index in [9.17, 15) is 4.79 Å². The summed E-state index contributed by atoms with van der Waals surface area (Å²) < 4.78 is 0. The number of carbonyl (C=O) groups excluding carboxylic acids is 1. The summed E-state index contributed by atoms with van der Waals surface area (Å²) in [6, 6.07) is 7.86. The molecule has 2 aromatic heterocycles. The molecule has 0 fully saturated rings. The summed E-state index contributed by atoms with van der Waals surface area (Å²) >= 11 is 3.35. The summed E-state index contributed by atoms with van der Waals surface area (Å²) in [5, 5.41) is 7.34. The normalized spacial score (nSPS) is 12.8. The molecule has 0 saturated heterocycles. The van der Waals surface area contributed by atoms with Crippen LogP contribution in [-0.2, 0) is 4.79 Å². The van der Waals surface area contributed by atoms with Gasteiger partial charge in [-0.1, -0.05) is 12.1 Å². The summed E-state index contributed by atoms with van der Waals surface area (Å²) in [5.74, 6) is -0.330. The Kier molecular flexibility index (Phi) is 3.93. The third-order valence-corrected chi connectivity index (χ3v) is 4.37. The average molecular weight is 266 g/mol. The number of nitrogens with one attached hydrogen (secondary N) is 1. The van der Waals surface area contributed by atoms with Crippen molar-refractivity contribution in [1.29, 1.82) is 0 Å². The van der Waals surface area contributed by atoms with E-state index in [1.54, 1.807) is 29.6 Å². The number of amides is 1. The Morgan fingerprint density at radius 2 is 1.76 bits per heavy atom. The van der Waals surface area contributed by atoms with E-state index in [0.29, 0.717) is 0 Å². The molecule has 0 spiro atoms. The Morgan fingerprint density at radius 1 is 1.24 bits per heavy atom. The second kappa shape index (κ2) is 5.44. The molecule has 90 valence electrons. The fourth-order valence-corrected chi connectivity index (χ4v) is 3.23. The maximum Gasteiger partial charge on any atom is 0.234 e. The van der Waals surface area contributed by atoms with Crippen molar-refractivity contribution < 1.29 is 4.79 Å². The number of nitrogens with two attached hydrogens (primary N) is 1. The summed E-state index contributed by atoms with van der Waals surface area (Å²) in [6.45, 7) is 1.79. The van der Waals surface area contributed by atoms with E-state index in [2.05, 4.69) is 17.4 Å². The highest BCUT2D eigenvalue weighted by Gasteiger charge is 2.20. The SMILES string of the molecule is CC(NC(c1cccs1)c1cccs1)C(N)=O. The number of primary amides is 1. The van der Waals surface area contributed by atoms with E-state index >= 15 is 0 Å². The molecular formula is C12H14N2OS2. The van der Waals surface area contributed by atoms with Crippen LogP contribution in [0.4, 0.5) is 0 Å². The fraction of sp³-hybridized carbons (Fsp3) is 0.250. The zero-order valence-electron chi connectivity index (χ0n) is 9.42. The largest absolute Gasteiger partial charge is 0.368 e. The Bertz CT molecular complexity index is 430. The van der Waals surface area contributed by atoms with Gasteiger partial charge in [0.2, 0.25) is 5.91 Å². The molecule has 0 radical (unpaired) electrons. The van der Waals surface area contributed by atoms with Crippen molar-refractivity contribution >= 4 is 28.6 Å². The first-order chi connectivity index (χ1) is 8.18. The van der Waals surface area contributed by atoms with Gasteiger partial charge >= 0.3 is 0 Å². The fourth-order valence-electron chi connectivity index (χ4n) is 1.55. The zero-order valence-corrected chi connectivity index (χ0v) is 11.1. The van der Waals surface area contributed by atoms with Crippen LogP contribution >= 0.6 is 22.7 Å². The maximum atomic E-state index is 11.1. The third-order valence-electron chi connectivity index (χ3n) is 2.50. The molecule has 5 heteroatoms. The van der Waals surface area contributed by atoms with Gasteiger partial charge in [-0.05, 0) is 29.8 Å². The molecule has 1 unspecified atom stereocenters. The van der Waals surface area contributed by atoms with Crippen molar-refractivity contribution in [2.45, 2.75) is 19.0 Å². The standard InChI is InChI=1S/C12H14N2OS2/c1-8(12(13)15)14-11(9-4-2-6-16-9)10-5-3-7-17-10/h2-8,11,14H,1H3,(H2,13,15). The van der Waals surface area contributed by atoms with Crippen molar-refractivity contribution in [2.24, 2.45) is 5.73 Å². The minimum Gasteiger partial charge on any atom is -0.368 e. The lowest BCUT2D eigenvalue weighted by atomic mass is 10.1. The molecule has 1 amide bonds. The lowest BCUT2D eigenvalue weighted by Gasteiger charge is -2.19. The second-order valence-corrected chi connectivity index (χ2v) is 5.71. The van der Waals surface area contributed by atoms with Crippen LogP contribution in [0, 0.1) is 0 Å². The predicted octanol–water partition coefficient (Wildman–Crippen LogP) is 2.36. The lowest BCUT2D eigenvalue weighted by Crippen LogP contribution is -2.40. The van der Waals surface area contributed by atoms with Crippen LogP contribution < -0.4 is 11.1 Å². The van der Waals surface area contributed by atoms with Gasteiger partial charge in [0, 0.05) is 9.75 Å². The third kappa shape index (κ3) is 2.94. The Balaban J connectivity index is 2.23. The summed E-state index contributed by atoms with van der Waals surface area (Å²) in [6.07, 6.45) is 0. The summed E-state index contributed by atoms with van der Waals surface area (Å²) in [5.41, 5.74) is 5.30. The van der Waals surface area contributed by atoms with Crippen molar-refractivity contribution in [2.75, 3.05) is 0 Å². The highest BCUT2D eigenvalue weighted by molar-refractivity contribution is 7.11. The van der Waals surface area contributed by atoms with Gasteiger partial charge in [-0.15, -0.1) is 22.7 Å². The smallest absolute Gasteiger partial charge is 0.234 e. The van der Waals surface area contributed by atoms with Crippen LogP contribution in [-0.4, -0.2) is 11.9 Å². The van der Waals surface area contributed by atoms with Gasteiger partial charge in [-0.3, -0.25) is 10.1 Å². The first-order valence-electron chi connectivity index (χ1n) is 5.30. The van der Waals surface area contributed by atoms with Gasteiger partial charge in [0.1, 0.15) is 0 Å². The van der Waals surface area contributed by atoms with E-state index < -0.39 is 0 Å². The molecule has 1 atom stereocenters. The van der Waals surface area contributed by atoms with Crippen molar-refractivity contribution in [3.05, 3.63) is 44.8 Å². The molecule has 0 aliphatic rings. The number of hydrogen-bond donors (Lipinski definition) is 2. The average Bonchev–Trinajstić information content (AvgIpc) is 2.98. The van der Waals surface area contributed by atoms with Gasteiger partial charge in [-0.2, -0.15) is 0 Å². The van der Waals surface area contributed by atoms with E-state index in [4.69, 9.17) is 5.73 Å².